The van der Waals surface area contributed by atoms with Gasteiger partial charge in [-0.2, -0.15) is 8.78 Å². The van der Waals surface area contributed by atoms with Gasteiger partial charge in [-0.3, -0.25) is 15.0 Å². The van der Waals surface area contributed by atoms with Crippen LogP contribution >= 0.6 is 0 Å². The number of sulfone groups is 1. The maximum absolute atomic E-state index is 12.5. The van der Waals surface area contributed by atoms with Crippen LogP contribution in [0, 0.1) is 10.1 Å². The highest BCUT2D eigenvalue weighted by Crippen LogP contribution is 2.33. The monoisotopic (exact) mass is 322 g/mol. The molecule has 0 bridgehead atoms. The molecule has 116 valence electrons. The Bertz CT molecular complexity index is 644. The summed E-state index contributed by atoms with van der Waals surface area (Å²) in [6.45, 7) is 0.788. The third kappa shape index (κ3) is 3.10. The van der Waals surface area contributed by atoms with Crippen LogP contribution in [0.1, 0.15) is 12.8 Å². The Labute approximate surface area is 119 Å². The van der Waals surface area contributed by atoms with Crippen LogP contribution in [0.3, 0.4) is 0 Å². The number of alkyl halides is 2. The molecule has 10 heteroatoms. The highest BCUT2D eigenvalue weighted by atomic mass is 32.2. The summed E-state index contributed by atoms with van der Waals surface area (Å²) in [4.78, 5) is 14.7. The minimum atomic E-state index is -4.88. The molecule has 1 aliphatic heterocycles. The molecule has 0 saturated carbocycles. The first-order valence-corrected chi connectivity index (χ1v) is 7.59. The Kier molecular flexibility index (Phi) is 4.37. The largest absolute Gasteiger partial charge is 0.341 e. The van der Waals surface area contributed by atoms with Gasteiger partial charge in [-0.25, -0.2) is 13.5 Å². The molecular formula is C11H12F2N2O5S. The number of anilines is 1. The van der Waals surface area contributed by atoms with Crippen LogP contribution in [0.2, 0.25) is 0 Å². The molecular weight excluding hydrogens is 310 g/mol. The summed E-state index contributed by atoms with van der Waals surface area (Å²) in [6, 6.07) is 2.66. The summed E-state index contributed by atoms with van der Waals surface area (Å²) in [6.07, 6.45) is 1.57. The van der Waals surface area contributed by atoms with Gasteiger partial charge >= 0.3 is 5.76 Å². The molecule has 1 aliphatic rings. The van der Waals surface area contributed by atoms with Crippen LogP contribution < -0.4 is 5.06 Å². The lowest BCUT2D eigenvalue weighted by molar-refractivity contribution is -0.384. The van der Waals surface area contributed by atoms with E-state index in [9.17, 15) is 27.3 Å². The van der Waals surface area contributed by atoms with E-state index >= 15 is 0 Å². The average molecular weight is 322 g/mol. The van der Waals surface area contributed by atoms with Gasteiger partial charge in [0.2, 0.25) is 9.84 Å². The Morgan fingerprint density at radius 2 is 2.05 bits per heavy atom. The second-order valence-corrected chi connectivity index (χ2v) is 6.27. The number of nitrogens with zero attached hydrogens (tertiary/aromatic N) is 2. The number of hydrogen-bond donors (Lipinski definition) is 0. The van der Waals surface area contributed by atoms with E-state index in [2.05, 4.69) is 0 Å². The summed E-state index contributed by atoms with van der Waals surface area (Å²) >= 11 is 0. The SMILES string of the molecule is O=[N+]([O-])c1cc(S(=O)(=O)C(F)F)ccc1N1CCCCO1. The van der Waals surface area contributed by atoms with Gasteiger partial charge in [0.25, 0.3) is 5.69 Å². The third-order valence-electron chi connectivity index (χ3n) is 2.98. The number of nitro benzene ring substituents is 1. The summed E-state index contributed by atoms with van der Waals surface area (Å²) in [5, 5.41) is 12.3. The van der Waals surface area contributed by atoms with Gasteiger partial charge in [-0.1, -0.05) is 0 Å². The van der Waals surface area contributed by atoms with Crippen LogP contribution in [0.15, 0.2) is 23.1 Å². The maximum atomic E-state index is 12.5. The molecule has 7 nitrogen and oxygen atoms in total. The van der Waals surface area contributed by atoms with Crippen molar-refractivity contribution >= 4 is 21.2 Å². The van der Waals surface area contributed by atoms with Gasteiger partial charge in [-0.15, -0.1) is 0 Å². The van der Waals surface area contributed by atoms with Crippen molar-refractivity contribution in [3.05, 3.63) is 28.3 Å². The minimum Gasteiger partial charge on any atom is -0.273 e. The number of rotatable bonds is 4. The number of benzene rings is 1. The highest BCUT2D eigenvalue weighted by molar-refractivity contribution is 7.91. The van der Waals surface area contributed by atoms with E-state index in [1.165, 1.54) is 5.06 Å². The summed E-state index contributed by atoms with van der Waals surface area (Å²) in [5.74, 6) is -3.63. The lowest BCUT2D eigenvalue weighted by Gasteiger charge is -2.27. The van der Waals surface area contributed by atoms with Crippen LogP contribution in [-0.4, -0.2) is 32.3 Å². The van der Waals surface area contributed by atoms with Gasteiger partial charge in [-0.05, 0) is 25.0 Å². The van der Waals surface area contributed by atoms with E-state index in [1.54, 1.807) is 0 Å². The molecule has 0 aromatic heterocycles. The molecule has 0 spiro atoms. The van der Waals surface area contributed by atoms with E-state index in [1.807, 2.05) is 0 Å². The fraction of sp³-hybridized carbons (Fsp3) is 0.455. The molecule has 1 aromatic rings. The van der Waals surface area contributed by atoms with Crippen molar-refractivity contribution in [3.63, 3.8) is 0 Å². The van der Waals surface area contributed by atoms with Crippen LogP contribution in [0.4, 0.5) is 20.2 Å². The fourth-order valence-corrected chi connectivity index (χ4v) is 2.67. The minimum absolute atomic E-state index is 0.0490. The van der Waals surface area contributed by atoms with Crippen molar-refractivity contribution in [2.24, 2.45) is 0 Å². The smallest absolute Gasteiger partial charge is 0.273 e. The number of nitro groups is 1. The predicted molar refractivity (Wildman–Crippen MR) is 68.8 cm³/mol. The Morgan fingerprint density at radius 1 is 1.33 bits per heavy atom. The van der Waals surface area contributed by atoms with Gasteiger partial charge in [0, 0.05) is 12.6 Å². The molecule has 0 aliphatic carbocycles. The third-order valence-corrected chi connectivity index (χ3v) is 4.36. The molecule has 1 fully saturated rings. The summed E-state index contributed by atoms with van der Waals surface area (Å²) in [7, 11) is -4.88. The Hall–Kier alpha value is -1.81. The quantitative estimate of drug-likeness (QED) is 0.623. The molecule has 1 heterocycles. The molecule has 0 unspecified atom stereocenters. The zero-order chi connectivity index (χ0) is 15.6. The maximum Gasteiger partial charge on any atom is 0.341 e. The first-order chi connectivity index (χ1) is 9.84. The molecule has 0 radical (unpaired) electrons. The van der Waals surface area contributed by atoms with Gasteiger partial charge < -0.3 is 0 Å². The van der Waals surface area contributed by atoms with Crippen LogP contribution in [0.25, 0.3) is 0 Å². The topological polar surface area (TPSA) is 89.8 Å². The van der Waals surface area contributed by atoms with Crippen molar-refractivity contribution in [1.82, 2.24) is 0 Å². The van der Waals surface area contributed by atoms with Crippen molar-refractivity contribution in [2.75, 3.05) is 18.2 Å². The Morgan fingerprint density at radius 3 is 2.57 bits per heavy atom. The molecule has 21 heavy (non-hydrogen) atoms. The van der Waals surface area contributed by atoms with Crippen molar-refractivity contribution in [3.8, 4) is 0 Å². The lowest BCUT2D eigenvalue weighted by Crippen LogP contribution is -2.30. The average Bonchev–Trinajstić information content (AvgIpc) is 2.47. The zero-order valence-electron chi connectivity index (χ0n) is 10.7. The van der Waals surface area contributed by atoms with E-state index in [0.717, 1.165) is 25.0 Å². The van der Waals surface area contributed by atoms with Crippen molar-refractivity contribution in [2.45, 2.75) is 23.5 Å². The standard InChI is InChI=1S/C11H12F2N2O5S/c12-11(13)21(18,19)8-3-4-9(10(7-8)15(16)17)14-5-1-2-6-20-14/h3-4,7,11H,1-2,5-6H2. The Balaban J connectivity index is 2.47. The van der Waals surface area contributed by atoms with E-state index in [-0.39, 0.29) is 5.69 Å². The number of halogens is 2. The lowest BCUT2D eigenvalue weighted by atomic mass is 10.2. The van der Waals surface area contributed by atoms with Gasteiger partial charge in [0.05, 0.1) is 16.4 Å². The van der Waals surface area contributed by atoms with Crippen LogP contribution in [0.5, 0.6) is 0 Å². The fourth-order valence-electron chi connectivity index (χ4n) is 1.93. The second kappa shape index (κ2) is 5.90. The molecule has 0 N–H and O–H groups in total. The normalized spacial score (nSPS) is 16.2. The van der Waals surface area contributed by atoms with E-state index in [0.29, 0.717) is 19.2 Å². The predicted octanol–water partition coefficient (Wildman–Crippen LogP) is 2.12. The first kappa shape index (κ1) is 15.6. The van der Waals surface area contributed by atoms with E-state index < -0.39 is 31.1 Å². The van der Waals surface area contributed by atoms with E-state index in [4.69, 9.17) is 4.84 Å². The van der Waals surface area contributed by atoms with Crippen molar-refractivity contribution in [1.29, 1.82) is 0 Å². The first-order valence-electron chi connectivity index (χ1n) is 6.05. The summed E-state index contributed by atoms with van der Waals surface area (Å²) < 4.78 is 47.7. The van der Waals surface area contributed by atoms with Crippen molar-refractivity contribution < 1.29 is 27.0 Å². The van der Waals surface area contributed by atoms with Crippen LogP contribution in [-0.2, 0) is 14.7 Å². The molecule has 0 atom stereocenters. The zero-order valence-corrected chi connectivity index (χ0v) is 11.6. The molecule has 0 amide bonds. The second-order valence-electron chi connectivity index (χ2n) is 4.36. The highest BCUT2D eigenvalue weighted by Gasteiger charge is 2.31. The number of hydrogen-bond acceptors (Lipinski definition) is 6. The van der Waals surface area contributed by atoms with Gasteiger partial charge in [0.15, 0.2) is 0 Å². The van der Waals surface area contributed by atoms with Gasteiger partial charge in [0.1, 0.15) is 5.69 Å². The summed E-state index contributed by atoms with van der Waals surface area (Å²) in [5.41, 5.74) is -0.536. The number of hydroxylamine groups is 1. The molecule has 2 rings (SSSR count). The molecule has 1 saturated heterocycles. The molecule has 1 aromatic carbocycles.